The first-order valence-corrected chi connectivity index (χ1v) is 41.1. The van der Waals surface area contributed by atoms with Gasteiger partial charge in [-0.1, -0.05) is 315 Å². The van der Waals surface area contributed by atoms with Crippen LogP contribution in [0.25, 0.3) is 0 Å². The van der Waals surface area contributed by atoms with Gasteiger partial charge in [-0.05, 0) is 51.4 Å². The van der Waals surface area contributed by atoms with Crippen molar-refractivity contribution in [2.24, 2.45) is 0 Å². The summed E-state index contributed by atoms with van der Waals surface area (Å²) in [6.07, 6.45) is 60.7. The number of aliphatic hydroxyl groups is 1. The highest BCUT2D eigenvalue weighted by molar-refractivity contribution is 7.47. The molecule has 0 bridgehead atoms. The predicted molar refractivity (Wildman–Crippen MR) is 377 cm³/mol. The maximum Gasteiger partial charge on any atom is 0.472 e. The van der Waals surface area contributed by atoms with Gasteiger partial charge in [0.05, 0.1) is 26.4 Å². The molecule has 0 heterocycles. The number of allylic oxidation sites excluding steroid dienone is 4. The quantitative estimate of drug-likeness (QED) is 0.0169. The third-order valence-corrected chi connectivity index (χ3v) is 18.6. The van der Waals surface area contributed by atoms with Crippen LogP contribution >= 0.6 is 15.6 Å². The van der Waals surface area contributed by atoms with Crippen LogP contribution in [-0.4, -0.2) is 96.7 Å². The van der Waals surface area contributed by atoms with Crippen LogP contribution in [0.4, 0.5) is 0 Å². The second-order valence-electron chi connectivity index (χ2n) is 26.0. The number of carbonyl (C=O) groups is 4. The van der Waals surface area contributed by atoms with Crippen LogP contribution in [0.5, 0.6) is 0 Å². The molecule has 93 heavy (non-hydrogen) atoms. The molecule has 2 unspecified atom stereocenters. The van der Waals surface area contributed by atoms with Crippen LogP contribution in [0, 0.1) is 0 Å². The van der Waals surface area contributed by atoms with Crippen molar-refractivity contribution in [1.82, 2.24) is 0 Å². The fourth-order valence-corrected chi connectivity index (χ4v) is 12.4. The van der Waals surface area contributed by atoms with Gasteiger partial charge in [-0.3, -0.25) is 37.3 Å². The van der Waals surface area contributed by atoms with Gasteiger partial charge in [0.25, 0.3) is 0 Å². The molecule has 0 aromatic rings. The average molecular weight is 1360 g/mol. The summed E-state index contributed by atoms with van der Waals surface area (Å²) in [6, 6.07) is 0. The monoisotopic (exact) mass is 1360 g/mol. The van der Waals surface area contributed by atoms with Crippen molar-refractivity contribution in [2.45, 2.75) is 386 Å². The van der Waals surface area contributed by atoms with E-state index in [0.717, 1.165) is 122 Å². The summed E-state index contributed by atoms with van der Waals surface area (Å²) < 4.78 is 68.2. The molecule has 0 radical (unpaired) electrons. The minimum atomic E-state index is -4.96. The first-order chi connectivity index (χ1) is 45.2. The van der Waals surface area contributed by atoms with Gasteiger partial charge in [-0.25, -0.2) is 9.13 Å². The van der Waals surface area contributed by atoms with Gasteiger partial charge in [0.1, 0.15) is 19.3 Å². The number of unbranched alkanes of at least 4 members (excludes halogenated alkanes) is 44. The molecule has 0 aliphatic carbocycles. The van der Waals surface area contributed by atoms with E-state index in [1.165, 1.54) is 167 Å². The summed E-state index contributed by atoms with van der Waals surface area (Å²) in [6.45, 7) is 4.85. The summed E-state index contributed by atoms with van der Waals surface area (Å²) in [5.41, 5.74) is 0. The fraction of sp³-hybridized carbons (Fsp3) is 0.892. The van der Waals surface area contributed by atoms with E-state index in [2.05, 4.69) is 52.0 Å². The molecule has 0 fully saturated rings. The molecule has 19 heteroatoms. The van der Waals surface area contributed by atoms with E-state index in [9.17, 15) is 43.2 Å². The van der Waals surface area contributed by atoms with Crippen molar-refractivity contribution in [3.63, 3.8) is 0 Å². The Kier molecular flexibility index (Phi) is 66.3. The van der Waals surface area contributed by atoms with E-state index < -0.39 is 97.5 Å². The lowest BCUT2D eigenvalue weighted by Crippen LogP contribution is -2.30. The minimum absolute atomic E-state index is 0.102. The van der Waals surface area contributed by atoms with Gasteiger partial charge in [-0.15, -0.1) is 0 Å². The maximum atomic E-state index is 13.1. The number of hydrogen-bond acceptors (Lipinski definition) is 15. The third kappa shape index (κ3) is 67.9. The molecule has 0 aromatic carbocycles. The van der Waals surface area contributed by atoms with Crippen LogP contribution in [0.1, 0.15) is 368 Å². The molecule has 3 N–H and O–H groups in total. The molecule has 0 rings (SSSR count). The largest absolute Gasteiger partial charge is 0.472 e. The van der Waals surface area contributed by atoms with Crippen LogP contribution in [0.2, 0.25) is 0 Å². The van der Waals surface area contributed by atoms with E-state index in [1.54, 1.807) is 0 Å². The molecule has 0 aliphatic heterocycles. The summed E-state index contributed by atoms with van der Waals surface area (Å²) in [5, 5.41) is 10.6. The Morgan fingerprint density at radius 1 is 0.301 bits per heavy atom. The van der Waals surface area contributed by atoms with Crippen LogP contribution in [0.15, 0.2) is 24.3 Å². The van der Waals surface area contributed by atoms with E-state index >= 15 is 0 Å². The highest BCUT2D eigenvalue weighted by Gasteiger charge is 2.30. The van der Waals surface area contributed by atoms with Crippen molar-refractivity contribution in [3.8, 4) is 0 Å². The average Bonchev–Trinajstić information content (AvgIpc) is 2.06. The first-order valence-electron chi connectivity index (χ1n) is 38.1. The summed E-state index contributed by atoms with van der Waals surface area (Å²) >= 11 is 0. The van der Waals surface area contributed by atoms with Crippen LogP contribution in [-0.2, 0) is 65.4 Å². The second-order valence-corrected chi connectivity index (χ2v) is 28.9. The molecule has 0 saturated carbocycles. The summed E-state index contributed by atoms with van der Waals surface area (Å²) in [7, 11) is -9.91. The molecule has 0 amide bonds. The Hall–Kier alpha value is -2.46. The zero-order valence-electron chi connectivity index (χ0n) is 59.7. The van der Waals surface area contributed by atoms with Gasteiger partial charge < -0.3 is 33.8 Å². The van der Waals surface area contributed by atoms with E-state index in [0.29, 0.717) is 25.7 Å². The van der Waals surface area contributed by atoms with Gasteiger partial charge in [0.2, 0.25) is 0 Å². The Morgan fingerprint density at radius 3 is 0.785 bits per heavy atom. The third-order valence-electron chi connectivity index (χ3n) is 16.7. The number of phosphoric acid groups is 2. The lowest BCUT2D eigenvalue weighted by Gasteiger charge is -2.21. The van der Waals surface area contributed by atoms with Crippen molar-refractivity contribution in [3.05, 3.63) is 24.3 Å². The van der Waals surface area contributed by atoms with Gasteiger partial charge in [0.15, 0.2) is 12.2 Å². The van der Waals surface area contributed by atoms with Crippen molar-refractivity contribution >= 4 is 39.5 Å². The van der Waals surface area contributed by atoms with Gasteiger partial charge >= 0.3 is 39.5 Å². The van der Waals surface area contributed by atoms with Gasteiger partial charge in [0, 0.05) is 25.7 Å². The number of carbonyl (C=O) groups excluding carboxylic acids is 4. The normalized spacial score (nSPS) is 14.1. The Labute approximate surface area is 567 Å². The number of esters is 4. The molecule has 0 saturated heterocycles. The molecular weight excluding hydrogens is 1220 g/mol. The first kappa shape index (κ1) is 90.5. The SMILES string of the molecule is CCCCCC/C=C\C=C/CCCCCCCC(=O)OC[C@H](COP(=O)(O)OC[C@@H](O)COP(=O)(O)OC[C@@H](COC(=O)CCCCCCCCC)OC(=O)CCCCCCCCCCCC)OC(=O)CCCCCCCCCCCCCCCCCCCCCCC. The number of hydrogen-bond donors (Lipinski definition) is 3. The highest BCUT2D eigenvalue weighted by Crippen LogP contribution is 2.45. The standard InChI is InChI=1S/C74H140O17P2/c1-5-9-13-17-21-24-27-29-31-32-33-34-35-36-38-40-42-45-49-53-57-61-74(79)91-70(65-85-72(77)59-55-51-47-44-41-39-37-30-28-25-22-18-14-10-6-2)67-89-93(82,83)87-63-68(75)62-86-92(80,81)88-66-69(64-84-71(76)58-54-50-46-20-16-12-8-4)90-73(78)60-56-52-48-43-26-23-19-15-11-7-3/h25,28,30,37,68-70,75H,5-24,26-27,29,31-36,38-67H2,1-4H3,(H,80,81)(H,82,83)/b28-25-,37-30-/t68-,69+,70+/m0/s1. The lowest BCUT2D eigenvalue weighted by atomic mass is 10.0. The lowest BCUT2D eigenvalue weighted by molar-refractivity contribution is -0.161. The Balaban J connectivity index is 5.18. The number of ether oxygens (including phenoxy) is 4. The van der Waals surface area contributed by atoms with Gasteiger partial charge in [-0.2, -0.15) is 0 Å². The zero-order chi connectivity index (χ0) is 68.2. The highest BCUT2D eigenvalue weighted by atomic mass is 31.2. The van der Waals surface area contributed by atoms with E-state index in [-0.39, 0.29) is 25.7 Å². The molecule has 5 atom stereocenters. The molecule has 17 nitrogen and oxygen atoms in total. The Morgan fingerprint density at radius 2 is 0.516 bits per heavy atom. The van der Waals surface area contributed by atoms with Crippen molar-refractivity contribution in [1.29, 1.82) is 0 Å². The fourth-order valence-electron chi connectivity index (χ4n) is 10.9. The number of rotatable bonds is 73. The van der Waals surface area contributed by atoms with Crippen molar-refractivity contribution in [2.75, 3.05) is 39.6 Å². The topological polar surface area (TPSA) is 237 Å². The Bertz CT molecular complexity index is 1870. The minimum Gasteiger partial charge on any atom is -0.462 e. The molecule has 548 valence electrons. The van der Waals surface area contributed by atoms with Crippen molar-refractivity contribution < 1.29 is 80.2 Å². The smallest absolute Gasteiger partial charge is 0.462 e. The molecule has 0 spiro atoms. The molecule has 0 aromatic heterocycles. The van der Waals surface area contributed by atoms with E-state index in [1.807, 2.05) is 0 Å². The van der Waals surface area contributed by atoms with Crippen LogP contribution < -0.4 is 0 Å². The number of phosphoric ester groups is 2. The second kappa shape index (κ2) is 68.1. The van der Waals surface area contributed by atoms with E-state index in [4.69, 9.17) is 37.0 Å². The summed E-state index contributed by atoms with van der Waals surface area (Å²) in [4.78, 5) is 72.5. The molecular formula is C74H140O17P2. The zero-order valence-corrected chi connectivity index (χ0v) is 61.5. The van der Waals surface area contributed by atoms with Crippen LogP contribution in [0.3, 0.4) is 0 Å². The predicted octanol–water partition coefficient (Wildman–Crippen LogP) is 21.4. The summed E-state index contributed by atoms with van der Waals surface area (Å²) in [5.74, 6) is -2.15. The number of aliphatic hydroxyl groups excluding tert-OH is 1. The molecule has 0 aliphatic rings. The maximum absolute atomic E-state index is 13.1.